The van der Waals surface area contributed by atoms with E-state index in [-0.39, 0.29) is 21.4 Å². The fourth-order valence-electron chi connectivity index (χ4n) is 1.51. The maximum absolute atomic E-state index is 10.3. The van der Waals surface area contributed by atoms with Crippen molar-refractivity contribution in [2.24, 2.45) is 0 Å². The van der Waals surface area contributed by atoms with Crippen LogP contribution in [-0.2, 0) is 0 Å². The summed E-state index contributed by atoms with van der Waals surface area (Å²) in [5, 5.41) is 40.8. The van der Waals surface area contributed by atoms with Gasteiger partial charge in [0, 0.05) is 12.1 Å². The third-order valence-electron chi connectivity index (χ3n) is 2.67. The van der Waals surface area contributed by atoms with Crippen LogP contribution in [0, 0.1) is 40.5 Å². The van der Waals surface area contributed by atoms with Gasteiger partial charge >= 0.3 is 0 Å². The third-order valence-corrected chi connectivity index (χ3v) is 3.31. The first-order valence-corrected chi connectivity index (χ1v) is 6.96. The Morgan fingerprint density at radius 3 is 1.12 bits per heavy atom. The van der Waals surface area contributed by atoms with Crippen LogP contribution in [0.15, 0.2) is 36.4 Å². The zero-order valence-corrected chi connectivity index (χ0v) is 13.8. The first kappa shape index (κ1) is 20.7. The lowest BCUT2D eigenvalue weighted by Gasteiger charge is -1.94. The van der Waals surface area contributed by atoms with Crippen molar-refractivity contribution in [2.45, 2.75) is 0 Å². The molecule has 0 saturated carbocycles. The van der Waals surface area contributed by atoms with Gasteiger partial charge in [0.05, 0.1) is 31.8 Å². The summed E-state index contributed by atoms with van der Waals surface area (Å²) in [4.78, 5) is 38.1. The van der Waals surface area contributed by atoms with Gasteiger partial charge in [-0.05, 0) is 12.1 Å². The number of rotatable bonds is 4. The normalized spacial score (nSPS) is 9.62. The molecule has 0 saturated heterocycles. The Bertz CT molecular complexity index is 831. The second-order valence-corrected chi connectivity index (χ2v) is 5.11. The molecule has 0 amide bonds. The van der Waals surface area contributed by atoms with Gasteiger partial charge in [0.1, 0.15) is 10.0 Å². The Labute approximate surface area is 153 Å². The fourth-order valence-corrected chi connectivity index (χ4v) is 1.88. The number of nitrogens with zero attached hydrogens (tertiary/aromatic N) is 4. The van der Waals surface area contributed by atoms with Crippen molar-refractivity contribution in [3.8, 4) is 0 Å². The van der Waals surface area contributed by atoms with Gasteiger partial charge in [0.25, 0.3) is 22.7 Å². The van der Waals surface area contributed by atoms with Gasteiger partial charge in [-0.25, -0.2) is 0 Å². The maximum atomic E-state index is 10.3. The SMILES string of the molecule is O=[N+]([O-])c1ccc(Cl)c([N+](=O)[O-])c1.O=[N+]([O-])c1ccc(Cl)c([N+](=O)[O-])c1. The molecule has 0 atom stereocenters. The molecule has 2 aromatic rings. The molecular weight excluding hydrogens is 399 g/mol. The van der Waals surface area contributed by atoms with Crippen LogP contribution in [-0.4, -0.2) is 19.7 Å². The number of hydrogen-bond acceptors (Lipinski definition) is 8. The van der Waals surface area contributed by atoms with E-state index < -0.39 is 31.1 Å². The van der Waals surface area contributed by atoms with Crippen LogP contribution in [0.25, 0.3) is 0 Å². The van der Waals surface area contributed by atoms with E-state index in [1.54, 1.807) is 0 Å². The minimum atomic E-state index is -0.769. The lowest BCUT2D eigenvalue weighted by molar-refractivity contribution is -0.394. The second-order valence-electron chi connectivity index (χ2n) is 4.30. The topological polar surface area (TPSA) is 173 Å². The molecule has 0 fully saturated rings. The van der Waals surface area contributed by atoms with Gasteiger partial charge in [-0.1, -0.05) is 23.2 Å². The molecule has 0 bridgehead atoms. The summed E-state index contributed by atoms with van der Waals surface area (Å²) in [5.74, 6) is 0. The summed E-state index contributed by atoms with van der Waals surface area (Å²) in [6.07, 6.45) is 0. The maximum Gasteiger partial charge on any atom is 0.294 e. The van der Waals surface area contributed by atoms with E-state index >= 15 is 0 Å². The summed E-state index contributed by atoms with van der Waals surface area (Å²) >= 11 is 10.9. The molecule has 0 spiro atoms. The predicted molar refractivity (Wildman–Crippen MR) is 89.5 cm³/mol. The second kappa shape index (κ2) is 8.64. The predicted octanol–water partition coefficient (Wildman–Crippen LogP) is 4.31. The van der Waals surface area contributed by atoms with Gasteiger partial charge in [0.15, 0.2) is 0 Å². The summed E-state index contributed by atoms with van der Waals surface area (Å²) in [7, 11) is 0. The Morgan fingerprint density at radius 2 is 0.885 bits per heavy atom. The highest BCUT2D eigenvalue weighted by molar-refractivity contribution is 6.33. The number of halogens is 2. The summed E-state index contributed by atoms with van der Waals surface area (Å²) in [6, 6.07) is 6.10. The molecule has 0 radical (unpaired) electrons. The van der Waals surface area contributed by atoms with E-state index in [1.165, 1.54) is 0 Å². The molecule has 12 nitrogen and oxygen atoms in total. The van der Waals surface area contributed by atoms with Gasteiger partial charge < -0.3 is 0 Å². The summed E-state index contributed by atoms with van der Waals surface area (Å²) < 4.78 is 0. The van der Waals surface area contributed by atoms with Crippen LogP contribution in [0.4, 0.5) is 22.7 Å². The van der Waals surface area contributed by atoms with Crippen molar-refractivity contribution in [3.63, 3.8) is 0 Å². The first-order chi connectivity index (χ1) is 12.0. The highest BCUT2D eigenvalue weighted by Gasteiger charge is 2.18. The van der Waals surface area contributed by atoms with Gasteiger partial charge in [-0.15, -0.1) is 0 Å². The quantitative estimate of drug-likeness (QED) is 0.534. The monoisotopic (exact) mass is 404 g/mol. The number of benzene rings is 2. The Kier molecular flexibility index (Phi) is 6.87. The van der Waals surface area contributed by atoms with Crippen molar-refractivity contribution in [2.75, 3.05) is 0 Å². The average molecular weight is 405 g/mol. The molecule has 0 aliphatic rings. The Balaban J connectivity index is 0.000000260. The van der Waals surface area contributed by atoms with Crippen LogP contribution >= 0.6 is 23.2 Å². The molecule has 26 heavy (non-hydrogen) atoms. The third kappa shape index (κ3) is 5.32. The largest absolute Gasteiger partial charge is 0.294 e. The van der Waals surface area contributed by atoms with Crippen LogP contribution < -0.4 is 0 Å². The molecule has 2 aromatic carbocycles. The van der Waals surface area contributed by atoms with Gasteiger partial charge in [0.2, 0.25) is 0 Å². The van der Waals surface area contributed by atoms with Crippen LogP contribution in [0.5, 0.6) is 0 Å². The molecule has 0 aromatic heterocycles. The number of nitro groups is 4. The lowest BCUT2D eigenvalue weighted by atomic mass is 10.3. The van der Waals surface area contributed by atoms with Crippen molar-refractivity contribution in [1.82, 2.24) is 0 Å². The molecular formula is C12H6Cl2N4O8. The zero-order chi connectivity index (χ0) is 20.0. The van der Waals surface area contributed by atoms with Crippen molar-refractivity contribution < 1.29 is 19.7 Å². The number of hydrogen-bond donors (Lipinski definition) is 0. The summed E-state index contributed by atoms with van der Waals surface area (Å²) in [5.41, 5.74) is -1.63. The number of non-ortho nitro benzene ring substituents is 2. The van der Waals surface area contributed by atoms with Crippen molar-refractivity contribution in [3.05, 3.63) is 86.9 Å². The highest BCUT2D eigenvalue weighted by Crippen LogP contribution is 2.29. The van der Waals surface area contributed by atoms with E-state index in [9.17, 15) is 40.5 Å². The average Bonchev–Trinajstić information content (AvgIpc) is 2.55. The summed E-state index contributed by atoms with van der Waals surface area (Å²) in [6.45, 7) is 0. The minimum absolute atomic E-state index is 0.115. The fraction of sp³-hybridized carbons (Fsp3) is 0. The highest BCUT2D eigenvalue weighted by atomic mass is 35.5. The lowest BCUT2D eigenvalue weighted by Crippen LogP contribution is -1.92. The smallest absolute Gasteiger partial charge is 0.258 e. The van der Waals surface area contributed by atoms with Crippen LogP contribution in [0.3, 0.4) is 0 Å². The molecule has 0 unspecified atom stereocenters. The van der Waals surface area contributed by atoms with Gasteiger partial charge in [-0.3, -0.25) is 40.5 Å². The van der Waals surface area contributed by atoms with E-state index in [0.29, 0.717) is 0 Å². The Hall–Kier alpha value is -3.38. The van der Waals surface area contributed by atoms with Crippen molar-refractivity contribution >= 4 is 46.0 Å². The number of nitro benzene ring substituents is 4. The Morgan fingerprint density at radius 1 is 0.577 bits per heavy atom. The van der Waals surface area contributed by atoms with E-state index in [4.69, 9.17) is 23.2 Å². The van der Waals surface area contributed by atoms with E-state index in [1.807, 2.05) is 0 Å². The molecule has 136 valence electrons. The van der Waals surface area contributed by atoms with E-state index in [2.05, 4.69) is 0 Å². The van der Waals surface area contributed by atoms with Crippen LogP contribution in [0.2, 0.25) is 10.0 Å². The standard InChI is InChI=1S/2C6H3ClN2O4/c2*7-5-2-1-4(8(10)11)3-6(5)9(12)13/h2*1-3H. The molecule has 0 N–H and O–H groups in total. The van der Waals surface area contributed by atoms with Crippen molar-refractivity contribution in [1.29, 1.82) is 0 Å². The van der Waals surface area contributed by atoms with E-state index in [0.717, 1.165) is 36.4 Å². The molecule has 0 aliphatic carbocycles. The van der Waals surface area contributed by atoms with Gasteiger partial charge in [-0.2, -0.15) is 0 Å². The molecule has 2 rings (SSSR count). The first-order valence-electron chi connectivity index (χ1n) is 6.21. The molecule has 0 heterocycles. The minimum Gasteiger partial charge on any atom is -0.258 e. The van der Waals surface area contributed by atoms with Crippen LogP contribution in [0.1, 0.15) is 0 Å². The molecule has 14 heteroatoms. The zero-order valence-electron chi connectivity index (χ0n) is 12.3. The molecule has 0 aliphatic heterocycles.